The summed E-state index contributed by atoms with van der Waals surface area (Å²) < 4.78 is 15.2. The molecule has 128 valence electrons. The first-order chi connectivity index (χ1) is 12.1. The number of nitrogens with zero attached hydrogens (tertiary/aromatic N) is 2. The number of imidazole rings is 1. The minimum Gasteiger partial charge on any atom is -0.325 e. The number of rotatable bonds is 6. The van der Waals surface area contributed by atoms with Gasteiger partial charge in [0.05, 0.1) is 21.8 Å². The molecule has 0 radical (unpaired) electrons. The topological polar surface area (TPSA) is 46.9 Å². The minimum atomic E-state index is -0.521. The van der Waals surface area contributed by atoms with Gasteiger partial charge in [0.15, 0.2) is 5.16 Å². The zero-order chi connectivity index (χ0) is 17.8. The molecule has 25 heavy (non-hydrogen) atoms. The van der Waals surface area contributed by atoms with E-state index in [4.69, 9.17) is 11.6 Å². The number of carbonyl (C=O) groups excluding carboxylic acids is 1. The van der Waals surface area contributed by atoms with Gasteiger partial charge in [0.1, 0.15) is 5.82 Å². The maximum Gasteiger partial charge on any atom is 0.234 e. The van der Waals surface area contributed by atoms with Crippen molar-refractivity contribution < 1.29 is 9.18 Å². The summed E-state index contributed by atoms with van der Waals surface area (Å²) in [6.45, 7) is 4.38. The molecule has 0 aliphatic carbocycles. The fourth-order valence-corrected chi connectivity index (χ4v) is 3.37. The zero-order valence-corrected chi connectivity index (χ0v) is 14.8. The quantitative estimate of drug-likeness (QED) is 0.499. The van der Waals surface area contributed by atoms with Gasteiger partial charge in [-0.05, 0) is 30.3 Å². The van der Waals surface area contributed by atoms with Gasteiger partial charge in [-0.3, -0.25) is 4.79 Å². The van der Waals surface area contributed by atoms with E-state index in [9.17, 15) is 9.18 Å². The summed E-state index contributed by atoms with van der Waals surface area (Å²) in [5.41, 5.74) is 2.32. The van der Waals surface area contributed by atoms with Crippen LogP contribution in [0.5, 0.6) is 0 Å². The van der Waals surface area contributed by atoms with E-state index in [1.165, 1.54) is 30.0 Å². The normalized spacial score (nSPS) is 10.8. The van der Waals surface area contributed by atoms with Crippen molar-refractivity contribution in [2.75, 3.05) is 11.1 Å². The number of halogens is 2. The molecule has 1 heterocycles. The number of anilines is 1. The fraction of sp³-hybridized carbons (Fsp3) is 0.111. The van der Waals surface area contributed by atoms with Crippen molar-refractivity contribution in [2.45, 2.75) is 11.7 Å². The van der Waals surface area contributed by atoms with E-state index in [0.717, 1.165) is 16.2 Å². The molecule has 0 saturated carbocycles. The predicted octanol–water partition coefficient (Wildman–Crippen LogP) is 4.75. The van der Waals surface area contributed by atoms with Crippen molar-refractivity contribution in [3.8, 4) is 0 Å². The summed E-state index contributed by atoms with van der Waals surface area (Å²) in [5, 5.41) is 3.41. The lowest BCUT2D eigenvalue weighted by Gasteiger charge is -2.07. The molecule has 0 saturated heterocycles. The van der Waals surface area contributed by atoms with E-state index in [2.05, 4.69) is 16.9 Å². The van der Waals surface area contributed by atoms with Crippen molar-refractivity contribution in [3.05, 3.63) is 66.0 Å². The number of hydrogen-bond donors (Lipinski definition) is 1. The van der Waals surface area contributed by atoms with Crippen molar-refractivity contribution >= 4 is 46.0 Å². The van der Waals surface area contributed by atoms with Gasteiger partial charge >= 0.3 is 0 Å². The molecule has 1 aromatic heterocycles. The standard InChI is InChI=1S/C18H15ClFN3OS/c1-2-9-23-16-6-4-3-5-15(16)22-18(23)25-11-17(24)21-12-7-8-14(20)13(19)10-12/h2-8,10H,1,9,11H2,(H,21,24). The Balaban J connectivity index is 1.71. The lowest BCUT2D eigenvalue weighted by atomic mass is 10.3. The van der Waals surface area contributed by atoms with Crippen LogP contribution >= 0.6 is 23.4 Å². The van der Waals surface area contributed by atoms with Gasteiger partial charge in [-0.1, -0.05) is 41.6 Å². The van der Waals surface area contributed by atoms with Gasteiger partial charge < -0.3 is 9.88 Å². The van der Waals surface area contributed by atoms with Crippen LogP contribution in [-0.2, 0) is 11.3 Å². The Morgan fingerprint density at radius 2 is 2.16 bits per heavy atom. The number of allylic oxidation sites excluding steroid dienone is 1. The third kappa shape index (κ3) is 4.03. The summed E-state index contributed by atoms with van der Waals surface area (Å²) in [5.74, 6) is -0.563. The Hall–Kier alpha value is -2.31. The molecule has 7 heteroatoms. The summed E-state index contributed by atoms with van der Waals surface area (Å²) in [7, 11) is 0. The molecule has 0 aliphatic heterocycles. The van der Waals surface area contributed by atoms with E-state index in [1.54, 1.807) is 6.08 Å². The van der Waals surface area contributed by atoms with E-state index in [0.29, 0.717) is 12.2 Å². The Kier molecular flexibility index (Phi) is 5.40. The highest BCUT2D eigenvalue weighted by Crippen LogP contribution is 2.25. The summed E-state index contributed by atoms with van der Waals surface area (Å²) in [6, 6.07) is 11.9. The molecule has 1 N–H and O–H groups in total. The third-order valence-corrected chi connectivity index (χ3v) is 4.73. The average Bonchev–Trinajstić information content (AvgIpc) is 2.95. The van der Waals surface area contributed by atoms with Crippen molar-refractivity contribution in [1.82, 2.24) is 9.55 Å². The molecule has 0 bridgehead atoms. The molecular weight excluding hydrogens is 361 g/mol. The van der Waals surface area contributed by atoms with Gasteiger partial charge in [0.25, 0.3) is 0 Å². The van der Waals surface area contributed by atoms with Gasteiger partial charge in [-0.15, -0.1) is 6.58 Å². The minimum absolute atomic E-state index is 0.0294. The second kappa shape index (κ2) is 7.72. The van der Waals surface area contributed by atoms with E-state index >= 15 is 0 Å². The molecule has 3 aromatic rings. The highest BCUT2D eigenvalue weighted by atomic mass is 35.5. The third-order valence-electron chi connectivity index (χ3n) is 3.47. The molecule has 1 amide bonds. The Labute approximate surface area is 153 Å². The number of fused-ring (bicyclic) bond motifs is 1. The monoisotopic (exact) mass is 375 g/mol. The van der Waals surface area contributed by atoms with Crippen molar-refractivity contribution in [1.29, 1.82) is 0 Å². The van der Waals surface area contributed by atoms with Crippen LogP contribution in [-0.4, -0.2) is 21.2 Å². The largest absolute Gasteiger partial charge is 0.325 e. The predicted molar refractivity (Wildman–Crippen MR) is 101 cm³/mol. The van der Waals surface area contributed by atoms with Crippen LogP contribution in [0.25, 0.3) is 11.0 Å². The number of para-hydroxylation sites is 2. The maximum atomic E-state index is 13.2. The molecule has 0 unspecified atom stereocenters. The molecule has 0 fully saturated rings. The van der Waals surface area contributed by atoms with Gasteiger partial charge in [0, 0.05) is 12.2 Å². The maximum absolute atomic E-state index is 13.2. The summed E-state index contributed by atoms with van der Waals surface area (Å²) in [6.07, 6.45) is 1.79. The number of thioether (sulfide) groups is 1. The van der Waals surface area contributed by atoms with E-state index in [-0.39, 0.29) is 16.7 Å². The van der Waals surface area contributed by atoms with Crippen LogP contribution < -0.4 is 5.32 Å². The second-order valence-corrected chi connectivity index (χ2v) is 6.60. The van der Waals surface area contributed by atoms with Crippen molar-refractivity contribution in [2.24, 2.45) is 0 Å². The lowest BCUT2D eigenvalue weighted by Crippen LogP contribution is -2.14. The molecular formula is C18H15ClFN3OS. The van der Waals surface area contributed by atoms with Crippen molar-refractivity contribution in [3.63, 3.8) is 0 Å². The lowest BCUT2D eigenvalue weighted by molar-refractivity contribution is -0.113. The Bertz CT molecular complexity index is 941. The van der Waals surface area contributed by atoms with Crippen LogP contribution in [0.1, 0.15) is 0 Å². The van der Waals surface area contributed by atoms with Gasteiger partial charge in [-0.2, -0.15) is 0 Å². The second-order valence-electron chi connectivity index (χ2n) is 5.25. The molecule has 0 atom stereocenters. The van der Waals surface area contributed by atoms with Crippen LogP contribution in [0.3, 0.4) is 0 Å². The molecule has 0 spiro atoms. The first-order valence-corrected chi connectivity index (χ1v) is 8.88. The highest BCUT2D eigenvalue weighted by molar-refractivity contribution is 7.99. The van der Waals surface area contributed by atoms with E-state index in [1.807, 2.05) is 28.8 Å². The SMILES string of the molecule is C=CCn1c(SCC(=O)Nc2ccc(F)c(Cl)c2)nc2ccccc21. The van der Waals surface area contributed by atoms with Crippen LogP contribution in [0.4, 0.5) is 10.1 Å². The molecule has 4 nitrogen and oxygen atoms in total. The zero-order valence-electron chi connectivity index (χ0n) is 13.2. The number of amides is 1. The molecule has 2 aromatic carbocycles. The van der Waals surface area contributed by atoms with Crippen LogP contribution in [0.2, 0.25) is 5.02 Å². The number of aromatic nitrogens is 2. The van der Waals surface area contributed by atoms with Crippen LogP contribution in [0.15, 0.2) is 60.3 Å². The number of carbonyl (C=O) groups is 1. The number of benzene rings is 2. The van der Waals surface area contributed by atoms with Gasteiger partial charge in [-0.25, -0.2) is 9.37 Å². The highest BCUT2D eigenvalue weighted by Gasteiger charge is 2.12. The summed E-state index contributed by atoms with van der Waals surface area (Å²) in [4.78, 5) is 16.7. The Morgan fingerprint density at radius 3 is 2.92 bits per heavy atom. The molecule has 3 rings (SSSR count). The molecule has 0 aliphatic rings. The summed E-state index contributed by atoms with van der Waals surface area (Å²) >= 11 is 7.05. The van der Waals surface area contributed by atoms with Gasteiger partial charge in [0.2, 0.25) is 5.91 Å². The van der Waals surface area contributed by atoms with E-state index < -0.39 is 5.82 Å². The number of nitrogens with one attached hydrogen (secondary N) is 1. The number of hydrogen-bond acceptors (Lipinski definition) is 3. The first kappa shape index (κ1) is 17.5. The smallest absolute Gasteiger partial charge is 0.234 e. The fourth-order valence-electron chi connectivity index (χ4n) is 2.37. The Morgan fingerprint density at radius 1 is 1.36 bits per heavy atom. The van der Waals surface area contributed by atoms with Crippen LogP contribution in [0, 0.1) is 5.82 Å². The average molecular weight is 376 g/mol. The first-order valence-electron chi connectivity index (χ1n) is 7.52.